The van der Waals surface area contributed by atoms with Gasteiger partial charge in [0.1, 0.15) is 12.1 Å². The van der Waals surface area contributed by atoms with Crippen LogP contribution < -0.4 is 16.1 Å². The second-order valence-electron chi connectivity index (χ2n) is 10.5. The number of likely N-dealkylation sites (N-methyl/N-ethyl adjacent to an activating group) is 1. The molecule has 4 heterocycles. The minimum atomic E-state index is -4.51. The Balaban J connectivity index is 1.22. The highest BCUT2D eigenvalue weighted by Gasteiger charge is 2.52. The van der Waals surface area contributed by atoms with Gasteiger partial charge in [0.25, 0.3) is 0 Å². The number of nitrogens with zero attached hydrogens (tertiary/aromatic N) is 3. The number of carbonyl (C=O) groups is 2. The number of hydrogen-bond donors (Lipinski definition) is 3. The molecular weight excluding hydrogens is 473 g/mol. The predicted molar refractivity (Wildman–Crippen MR) is 119 cm³/mol. The van der Waals surface area contributed by atoms with Crippen molar-refractivity contribution in [3.8, 4) is 0 Å². The molecule has 5 aliphatic rings. The van der Waals surface area contributed by atoms with E-state index >= 15 is 0 Å². The van der Waals surface area contributed by atoms with Crippen molar-refractivity contribution in [1.29, 1.82) is 0 Å². The predicted octanol–water partition coefficient (Wildman–Crippen LogP) is 1.36. The molecule has 1 aliphatic carbocycles. The van der Waals surface area contributed by atoms with E-state index in [1.807, 2.05) is 0 Å². The van der Waals surface area contributed by atoms with Crippen molar-refractivity contribution in [1.82, 2.24) is 30.9 Å². The number of fused-ring (bicyclic) bond motifs is 3. The minimum absolute atomic E-state index is 0.0385. The van der Waals surface area contributed by atoms with E-state index in [9.17, 15) is 22.8 Å². The Bertz CT molecular complexity index is 787. The Morgan fingerprint density at radius 1 is 1.18 bits per heavy atom. The summed E-state index contributed by atoms with van der Waals surface area (Å²) in [7, 11) is 1.23. The fraction of sp³-hybridized carbons (Fsp3) is 0.909. The van der Waals surface area contributed by atoms with Crippen molar-refractivity contribution in [3.63, 3.8) is 0 Å². The van der Waals surface area contributed by atoms with Gasteiger partial charge in [-0.25, -0.2) is 10.4 Å². The van der Waals surface area contributed by atoms with E-state index < -0.39 is 30.1 Å². The maximum atomic E-state index is 14.1. The zero-order valence-corrected chi connectivity index (χ0v) is 20.1. The third kappa shape index (κ3) is 4.54. The zero-order chi connectivity index (χ0) is 24.2. The van der Waals surface area contributed by atoms with E-state index in [1.54, 1.807) is 0 Å². The van der Waals surface area contributed by atoms with Gasteiger partial charge in [-0.15, -0.1) is 11.6 Å². The zero-order valence-electron chi connectivity index (χ0n) is 19.4. The molecule has 3 N–H and O–H groups in total. The number of likely N-dealkylation sites (tertiary alicyclic amines) is 1. The van der Waals surface area contributed by atoms with E-state index in [0.717, 1.165) is 37.3 Å². The van der Waals surface area contributed by atoms with Gasteiger partial charge in [0, 0.05) is 38.1 Å². The lowest BCUT2D eigenvalue weighted by atomic mass is 9.78. The van der Waals surface area contributed by atoms with Crippen molar-refractivity contribution in [2.24, 2.45) is 5.92 Å². The van der Waals surface area contributed by atoms with Gasteiger partial charge in [-0.05, 0) is 51.0 Å². The molecule has 5 fully saturated rings. The van der Waals surface area contributed by atoms with Gasteiger partial charge in [0.05, 0.1) is 18.1 Å². The smallest absolute Gasteiger partial charge is 0.344 e. The summed E-state index contributed by atoms with van der Waals surface area (Å²) in [5, 5.41) is 8.26. The Labute approximate surface area is 202 Å². The molecule has 34 heavy (non-hydrogen) atoms. The van der Waals surface area contributed by atoms with E-state index in [-0.39, 0.29) is 30.0 Å². The summed E-state index contributed by atoms with van der Waals surface area (Å²) in [6.45, 7) is 1.83. The van der Waals surface area contributed by atoms with Crippen LogP contribution >= 0.6 is 11.6 Å². The summed E-state index contributed by atoms with van der Waals surface area (Å²) in [6.07, 6.45) is 0.942. The summed E-state index contributed by atoms with van der Waals surface area (Å²) < 4.78 is 42.3. The van der Waals surface area contributed by atoms with Gasteiger partial charge in [-0.3, -0.25) is 19.8 Å². The summed E-state index contributed by atoms with van der Waals surface area (Å²) >= 11 is 6.33. The molecular formula is C22H34ClF3N6O2. The van der Waals surface area contributed by atoms with E-state index in [0.29, 0.717) is 37.8 Å². The molecule has 0 aromatic rings. The van der Waals surface area contributed by atoms with E-state index in [4.69, 9.17) is 11.6 Å². The number of piperidine rings is 1. The number of halogens is 4. The van der Waals surface area contributed by atoms with Crippen LogP contribution in [0.3, 0.4) is 0 Å². The van der Waals surface area contributed by atoms with Crippen molar-refractivity contribution in [3.05, 3.63) is 0 Å². The Morgan fingerprint density at radius 2 is 1.88 bits per heavy atom. The second-order valence-corrected chi connectivity index (χ2v) is 11.0. The van der Waals surface area contributed by atoms with Crippen LogP contribution in [0.1, 0.15) is 51.4 Å². The van der Waals surface area contributed by atoms with Crippen LogP contribution in [0.4, 0.5) is 13.2 Å². The van der Waals surface area contributed by atoms with Gasteiger partial charge in [-0.1, -0.05) is 0 Å². The molecule has 4 aliphatic heterocycles. The topological polar surface area (TPSA) is 80.0 Å². The third-order valence-corrected chi connectivity index (χ3v) is 8.82. The van der Waals surface area contributed by atoms with Crippen LogP contribution in [0, 0.1) is 5.92 Å². The number of β-lactam (4-membered cyclic amide) rings is 1. The van der Waals surface area contributed by atoms with Gasteiger partial charge in [0.2, 0.25) is 11.8 Å². The Kier molecular flexibility index (Phi) is 6.78. The molecule has 6 atom stereocenters. The first kappa shape index (κ1) is 24.5. The fourth-order valence-electron chi connectivity index (χ4n) is 6.92. The number of rotatable bonds is 4. The minimum Gasteiger partial charge on any atom is -0.344 e. The molecule has 192 valence electrons. The molecule has 5 rings (SSSR count). The van der Waals surface area contributed by atoms with Crippen LogP contribution in [-0.4, -0.2) is 94.8 Å². The first-order valence-corrected chi connectivity index (χ1v) is 12.9. The first-order valence-electron chi connectivity index (χ1n) is 12.4. The van der Waals surface area contributed by atoms with Crippen LogP contribution in [0.5, 0.6) is 0 Å². The lowest BCUT2D eigenvalue weighted by molar-refractivity contribution is -0.203. The Morgan fingerprint density at radius 3 is 2.53 bits per heavy atom. The molecule has 0 spiro atoms. The molecule has 0 aromatic carbocycles. The highest BCUT2D eigenvalue weighted by molar-refractivity contribution is 6.20. The van der Waals surface area contributed by atoms with Crippen molar-refractivity contribution >= 4 is 23.4 Å². The molecule has 2 amide bonds. The molecule has 8 nitrogen and oxygen atoms in total. The van der Waals surface area contributed by atoms with E-state index in [1.165, 1.54) is 7.05 Å². The summed E-state index contributed by atoms with van der Waals surface area (Å²) in [5.74, 6) is -1.58. The van der Waals surface area contributed by atoms with Gasteiger partial charge >= 0.3 is 6.18 Å². The molecule has 0 radical (unpaired) electrons. The quantitative estimate of drug-likeness (QED) is 0.303. The molecule has 0 bridgehead atoms. The molecule has 4 unspecified atom stereocenters. The number of nitrogens with one attached hydrogen (secondary N) is 3. The van der Waals surface area contributed by atoms with Crippen LogP contribution in [-0.2, 0) is 9.59 Å². The fourth-order valence-corrected chi connectivity index (χ4v) is 7.20. The highest BCUT2D eigenvalue weighted by Crippen LogP contribution is 2.41. The van der Waals surface area contributed by atoms with Crippen LogP contribution in [0.25, 0.3) is 0 Å². The van der Waals surface area contributed by atoms with Crippen LogP contribution in [0.2, 0.25) is 0 Å². The van der Waals surface area contributed by atoms with Gasteiger partial charge in [-0.2, -0.15) is 13.2 Å². The maximum absolute atomic E-state index is 14.1. The number of hydrogen-bond acceptors (Lipinski definition) is 6. The lowest BCUT2D eigenvalue weighted by Crippen LogP contribution is -2.70. The summed E-state index contributed by atoms with van der Waals surface area (Å²) in [6, 6.07) is -1.74. The van der Waals surface area contributed by atoms with Crippen molar-refractivity contribution < 1.29 is 22.8 Å². The highest BCUT2D eigenvalue weighted by atomic mass is 35.5. The van der Waals surface area contributed by atoms with Crippen molar-refractivity contribution in [2.75, 3.05) is 20.1 Å². The average molecular weight is 507 g/mol. The van der Waals surface area contributed by atoms with Crippen LogP contribution in [0.15, 0.2) is 0 Å². The number of amides is 2. The standard InChI is InChI=1S/C22H34ClF3N6O2/c1-30(21(34)14-9-19(33)28-14)20(22(24,25)26)12-4-6-13(7-5-12)31-8-2-3-15-16(31)11-27-18-10-17(23)29-32(15)18/h12-18,20,27,29H,2-11H2,1H3,(H,28,33)/t12?,13?,14-,15?,16?,17?,18?,20-/m0/s1. The molecule has 12 heteroatoms. The third-order valence-electron chi connectivity index (χ3n) is 8.54. The van der Waals surface area contributed by atoms with E-state index in [2.05, 4.69) is 26.0 Å². The number of hydrazine groups is 1. The SMILES string of the molecule is CN(C(=O)[C@@H]1CC(=O)N1)[C@@H](C1CCC(N2CCCC3C2CNC2CC(Cl)NN23)CC1)C(F)(F)F. The molecule has 4 saturated heterocycles. The summed E-state index contributed by atoms with van der Waals surface area (Å²) in [5.41, 5.74) is 3.31. The maximum Gasteiger partial charge on any atom is 0.409 e. The van der Waals surface area contributed by atoms with Gasteiger partial charge in [0.15, 0.2) is 0 Å². The molecule has 1 saturated carbocycles. The second kappa shape index (κ2) is 9.38. The number of carbonyl (C=O) groups excluding carboxylic acids is 2. The monoisotopic (exact) mass is 506 g/mol. The average Bonchev–Trinajstić information content (AvgIpc) is 3.16. The van der Waals surface area contributed by atoms with Gasteiger partial charge < -0.3 is 10.2 Å². The molecule has 0 aromatic heterocycles. The van der Waals surface area contributed by atoms with Crippen molar-refractivity contribution in [2.45, 2.75) is 99.4 Å². The Hall–Kier alpha value is -1.14. The largest absolute Gasteiger partial charge is 0.409 e. The first-order chi connectivity index (χ1) is 16.1. The normalized spacial score (nSPS) is 40.0. The number of alkyl halides is 4. The lowest BCUT2D eigenvalue weighted by Gasteiger charge is -2.53. The summed E-state index contributed by atoms with van der Waals surface area (Å²) in [4.78, 5) is 27.0.